The van der Waals surface area contributed by atoms with Gasteiger partial charge in [0.25, 0.3) is 5.91 Å². The lowest BCUT2D eigenvalue weighted by molar-refractivity contribution is -0.123. The summed E-state index contributed by atoms with van der Waals surface area (Å²) in [6, 6.07) is 8.82. The Hall–Kier alpha value is -2.79. The molecule has 0 fully saturated rings. The first-order valence-electron chi connectivity index (χ1n) is 8.66. The summed E-state index contributed by atoms with van der Waals surface area (Å²) in [6.07, 6.45) is -4.54. The smallest absolute Gasteiger partial charge is 0.405 e. The van der Waals surface area contributed by atoms with Crippen molar-refractivity contribution in [2.24, 2.45) is 0 Å². The summed E-state index contributed by atoms with van der Waals surface area (Å²) in [5, 5.41) is 1.72. The van der Waals surface area contributed by atoms with Gasteiger partial charge in [0.1, 0.15) is 18.0 Å². The lowest BCUT2D eigenvalue weighted by Crippen LogP contribution is -2.33. The summed E-state index contributed by atoms with van der Waals surface area (Å²) in [5.41, 5.74) is 0.448. The lowest BCUT2D eigenvalue weighted by atomic mass is 10.1. The number of amides is 1. The van der Waals surface area contributed by atoms with Crippen molar-refractivity contribution in [3.05, 3.63) is 53.6 Å². The molecule has 0 saturated heterocycles. The molecule has 164 valence electrons. The normalized spacial score (nSPS) is 12.9. The van der Waals surface area contributed by atoms with Crippen molar-refractivity contribution in [2.75, 3.05) is 20.8 Å². The van der Waals surface area contributed by atoms with E-state index in [1.807, 2.05) is 0 Å². The summed E-state index contributed by atoms with van der Waals surface area (Å²) in [7, 11) is -1.06. The third-order valence-corrected chi connectivity index (χ3v) is 5.67. The van der Waals surface area contributed by atoms with Gasteiger partial charge in [-0.3, -0.25) is 4.79 Å². The van der Waals surface area contributed by atoms with E-state index in [-0.39, 0.29) is 10.5 Å². The second-order valence-electron chi connectivity index (χ2n) is 6.27. The second kappa shape index (κ2) is 9.35. The summed E-state index contributed by atoms with van der Waals surface area (Å²) < 4.78 is 74.9. The number of methoxy groups -OCH3 is 2. The third-order valence-electron chi connectivity index (χ3n) is 4.11. The van der Waals surface area contributed by atoms with Gasteiger partial charge in [0.2, 0.25) is 10.0 Å². The number of halogens is 3. The van der Waals surface area contributed by atoms with Crippen molar-refractivity contribution in [1.82, 2.24) is 10.0 Å². The second-order valence-corrected chi connectivity index (χ2v) is 7.99. The molecule has 2 rings (SSSR count). The first-order chi connectivity index (χ1) is 14.0. The molecule has 0 bridgehead atoms. The molecule has 0 radical (unpaired) electrons. The zero-order valence-electron chi connectivity index (χ0n) is 16.4. The molecule has 0 aromatic heterocycles. The van der Waals surface area contributed by atoms with Crippen molar-refractivity contribution in [3.63, 3.8) is 0 Å². The minimum Gasteiger partial charge on any atom is -0.497 e. The Labute approximate surface area is 172 Å². The molecule has 7 nitrogen and oxygen atoms in total. The lowest BCUT2D eigenvalue weighted by Gasteiger charge is -2.18. The van der Waals surface area contributed by atoms with Gasteiger partial charge >= 0.3 is 6.18 Å². The van der Waals surface area contributed by atoms with E-state index >= 15 is 0 Å². The maximum Gasteiger partial charge on any atom is 0.405 e. The fourth-order valence-corrected chi connectivity index (χ4v) is 3.83. The monoisotopic (exact) mass is 446 g/mol. The average molecular weight is 446 g/mol. The minimum atomic E-state index is -4.54. The molecule has 1 atom stereocenters. The van der Waals surface area contributed by atoms with Crippen molar-refractivity contribution < 1.29 is 35.9 Å². The molecule has 0 aliphatic rings. The van der Waals surface area contributed by atoms with Crippen LogP contribution in [-0.2, 0) is 10.0 Å². The predicted molar refractivity (Wildman–Crippen MR) is 103 cm³/mol. The fraction of sp³-hybridized carbons (Fsp3) is 0.316. The van der Waals surface area contributed by atoms with Gasteiger partial charge in [0, 0.05) is 17.2 Å². The number of carbonyl (C=O) groups excluding carboxylic acids is 1. The van der Waals surface area contributed by atoms with Crippen molar-refractivity contribution in [2.45, 2.75) is 24.0 Å². The molecule has 0 aliphatic carbocycles. The van der Waals surface area contributed by atoms with E-state index < -0.39 is 34.7 Å². The minimum absolute atomic E-state index is 0.0966. The van der Waals surface area contributed by atoms with Gasteiger partial charge in [-0.1, -0.05) is 0 Å². The predicted octanol–water partition coefficient (Wildman–Crippen LogP) is 3.04. The number of nitrogens with one attached hydrogen (secondary N) is 2. The van der Waals surface area contributed by atoms with E-state index in [1.165, 1.54) is 14.2 Å². The Bertz CT molecular complexity index is 992. The molecule has 30 heavy (non-hydrogen) atoms. The van der Waals surface area contributed by atoms with Crippen LogP contribution in [0, 0.1) is 0 Å². The van der Waals surface area contributed by atoms with Crippen LogP contribution < -0.4 is 19.5 Å². The summed E-state index contributed by atoms with van der Waals surface area (Å²) in [6.45, 7) is 0.140. The number of alkyl halides is 3. The maximum absolute atomic E-state index is 12.7. The van der Waals surface area contributed by atoms with Gasteiger partial charge in [-0.2, -0.15) is 13.2 Å². The Balaban J connectivity index is 2.17. The molecule has 11 heteroatoms. The van der Waals surface area contributed by atoms with E-state index in [1.54, 1.807) is 30.4 Å². The van der Waals surface area contributed by atoms with Crippen molar-refractivity contribution >= 4 is 15.9 Å². The molecule has 2 aromatic rings. The molecule has 2 N–H and O–H groups in total. The Morgan fingerprint density at radius 3 is 2.23 bits per heavy atom. The van der Waals surface area contributed by atoms with Crippen molar-refractivity contribution in [3.8, 4) is 11.5 Å². The van der Waals surface area contributed by atoms with Crippen LogP contribution in [-0.4, -0.2) is 41.3 Å². The first kappa shape index (κ1) is 23.5. The van der Waals surface area contributed by atoms with E-state index in [2.05, 4.69) is 4.72 Å². The molecule has 1 amide bonds. The van der Waals surface area contributed by atoms with Gasteiger partial charge in [0.15, 0.2) is 0 Å². The van der Waals surface area contributed by atoms with Crippen molar-refractivity contribution in [1.29, 1.82) is 0 Å². The first-order valence-corrected chi connectivity index (χ1v) is 10.1. The number of sulfonamides is 1. The van der Waals surface area contributed by atoms with Crippen LogP contribution in [0.1, 0.15) is 28.9 Å². The standard InChI is InChI=1S/C19H21F3N2O5S/c1-12(16-10-14(28-2)6-9-17(16)29-3)24-30(26,27)15-7-4-13(5-8-15)18(25)23-11-19(20,21)22/h4-10,12,24H,11H2,1-3H3,(H,23,25). The van der Waals surface area contributed by atoms with Gasteiger partial charge in [-0.15, -0.1) is 0 Å². The highest BCUT2D eigenvalue weighted by atomic mass is 32.2. The van der Waals surface area contributed by atoms with Crippen LogP contribution in [0.25, 0.3) is 0 Å². The van der Waals surface area contributed by atoms with Crippen LogP contribution in [0.3, 0.4) is 0 Å². The molecule has 0 saturated carbocycles. The highest BCUT2D eigenvalue weighted by Gasteiger charge is 2.28. The highest BCUT2D eigenvalue weighted by molar-refractivity contribution is 7.89. The van der Waals surface area contributed by atoms with Gasteiger partial charge in [-0.05, 0) is 49.4 Å². The SMILES string of the molecule is COc1ccc(OC)c(C(C)NS(=O)(=O)c2ccc(C(=O)NCC(F)(F)F)cc2)c1. The molecule has 0 aliphatic heterocycles. The summed E-state index contributed by atoms with van der Waals surface area (Å²) >= 11 is 0. The molecular formula is C19H21F3N2O5S. The molecule has 2 aromatic carbocycles. The highest BCUT2D eigenvalue weighted by Crippen LogP contribution is 2.30. The van der Waals surface area contributed by atoms with Gasteiger partial charge < -0.3 is 14.8 Å². The number of benzene rings is 2. The number of hydrogen-bond donors (Lipinski definition) is 2. The number of ether oxygens (including phenoxy) is 2. The Kier molecular flexibility index (Phi) is 7.32. The number of rotatable bonds is 8. The topological polar surface area (TPSA) is 93.7 Å². The maximum atomic E-state index is 12.7. The van der Waals surface area contributed by atoms with Crippen LogP contribution >= 0.6 is 0 Å². The fourth-order valence-electron chi connectivity index (χ4n) is 2.61. The quantitative estimate of drug-likeness (QED) is 0.650. The largest absolute Gasteiger partial charge is 0.497 e. The zero-order valence-corrected chi connectivity index (χ0v) is 17.2. The van der Waals surface area contributed by atoms with Crippen LogP contribution in [0.15, 0.2) is 47.4 Å². The third kappa shape index (κ3) is 6.10. The number of hydrogen-bond acceptors (Lipinski definition) is 5. The van der Waals surface area contributed by atoms with Gasteiger partial charge in [0.05, 0.1) is 19.1 Å². The van der Waals surface area contributed by atoms with Gasteiger partial charge in [-0.25, -0.2) is 13.1 Å². The molecule has 1 unspecified atom stereocenters. The number of carbonyl (C=O) groups is 1. The summed E-state index contributed by atoms with van der Waals surface area (Å²) in [5.74, 6) is 0.0208. The van der Waals surface area contributed by atoms with E-state index in [0.29, 0.717) is 17.1 Å². The summed E-state index contributed by atoms with van der Waals surface area (Å²) in [4.78, 5) is 11.6. The van der Waals surface area contributed by atoms with Crippen LogP contribution in [0.2, 0.25) is 0 Å². The van der Waals surface area contributed by atoms with Crippen LogP contribution in [0.4, 0.5) is 13.2 Å². The Morgan fingerprint density at radius 1 is 1.07 bits per heavy atom. The molecule has 0 heterocycles. The van der Waals surface area contributed by atoms with E-state index in [4.69, 9.17) is 9.47 Å². The van der Waals surface area contributed by atoms with E-state index in [0.717, 1.165) is 24.3 Å². The molecular weight excluding hydrogens is 425 g/mol. The molecule has 0 spiro atoms. The zero-order chi connectivity index (χ0) is 22.5. The average Bonchev–Trinajstić information content (AvgIpc) is 2.70. The Morgan fingerprint density at radius 2 is 1.70 bits per heavy atom. The van der Waals surface area contributed by atoms with Crippen LogP contribution in [0.5, 0.6) is 11.5 Å². The van der Waals surface area contributed by atoms with E-state index in [9.17, 15) is 26.4 Å².